The van der Waals surface area contributed by atoms with Crippen LogP contribution in [0, 0.1) is 0 Å². The van der Waals surface area contributed by atoms with Gasteiger partial charge in [-0.1, -0.05) is 0 Å². The van der Waals surface area contributed by atoms with Gasteiger partial charge < -0.3 is 10.2 Å². The Morgan fingerprint density at radius 1 is 1.29 bits per heavy atom. The van der Waals surface area contributed by atoms with E-state index >= 15 is 0 Å². The molecular formula is CH6N2O4. The van der Waals surface area contributed by atoms with Gasteiger partial charge in [0.25, 0.3) is 0 Å². The molecule has 0 aliphatic heterocycles. The quantitative estimate of drug-likeness (QED) is 0.190. The molecule has 0 spiro atoms. The van der Waals surface area contributed by atoms with Crippen molar-refractivity contribution in [2.75, 3.05) is 0 Å². The molecule has 0 rings (SSSR count). The molecule has 0 aromatic carbocycles. The van der Waals surface area contributed by atoms with Crippen molar-refractivity contribution < 1.29 is 20.6 Å². The molecule has 6 heteroatoms. The van der Waals surface area contributed by atoms with Crippen LogP contribution in [-0.4, -0.2) is 31.9 Å². The van der Waals surface area contributed by atoms with E-state index in [1.54, 1.807) is 0 Å². The van der Waals surface area contributed by atoms with E-state index in [1.165, 1.54) is 0 Å². The number of nitrogens with two attached hydrogens (primary N) is 1. The van der Waals surface area contributed by atoms with Crippen LogP contribution >= 0.6 is 0 Å². The lowest BCUT2D eigenvalue weighted by atomic mass is 10.9. The molecule has 0 aliphatic carbocycles. The number of hydrogen-bond donors (Lipinski definition) is 5. The van der Waals surface area contributed by atoms with Crippen molar-refractivity contribution in [1.82, 2.24) is 5.23 Å². The highest BCUT2D eigenvalue weighted by atomic mass is 16.8. The Bertz CT molecular complexity index is 55.2. The summed E-state index contributed by atoms with van der Waals surface area (Å²) >= 11 is 0. The van der Waals surface area contributed by atoms with Crippen LogP contribution in [0.25, 0.3) is 0 Å². The fourth-order valence-electron chi connectivity index (χ4n) is 0. The first-order valence-corrected chi connectivity index (χ1v) is 1.36. The number of rotatable bonds is 1. The summed E-state index contributed by atoms with van der Waals surface area (Å²) in [7, 11) is 0. The zero-order chi connectivity index (χ0) is 6.08. The topological polar surface area (TPSA) is 110 Å². The average molecular weight is 110 g/mol. The van der Waals surface area contributed by atoms with Gasteiger partial charge in [0.15, 0.2) is 0 Å². The standard InChI is InChI=1S/CH6N2O4/c2-1(4,5)3(6)7/h4-7H,2H2. The summed E-state index contributed by atoms with van der Waals surface area (Å²) in [6.07, 6.45) is 0. The summed E-state index contributed by atoms with van der Waals surface area (Å²) in [5.41, 5.74) is 4.22. The zero-order valence-electron chi connectivity index (χ0n) is 3.31. The second kappa shape index (κ2) is 1.70. The number of nitrogens with zero attached hydrogens (tertiary/aromatic N) is 1. The summed E-state index contributed by atoms with van der Waals surface area (Å²) in [6.45, 7) is 0. The van der Waals surface area contributed by atoms with Crippen LogP contribution in [0.1, 0.15) is 0 Å². The van der Waals surface area contributed by atoms with Crippen molar-refractivity contribution >= 4 is 0 Å². The summed E-state index contributed by atoms with van der Waals surface area (Å²) < 4.78 is 0. The Hall–Kier alpha value is -0.240. The lowest BCUT2D eigenvalue weighted by molar-refractivity contribution is -0.473. The molecule has 0 aliphatic rings. The van der Waals surface area contributed by atoms with E-state index in [0.717, 1.165) is 0 Å². The lowest BCUT2D eigenvalue weighted by Gasteiger charge is -2.17. The van der Waals surface area contributed by atoms with Gasteiger partial charge in [-0.2, -0.15) is 0 Å². The van der Waals surface area contributed by atoms with Gasteiger partial charge in [-0.05, 0) is 0 Å². The van der Waals surface area contributed by atoms with Gasteiger partial charge in [-0.15, -0.1) is 0 Å². The Morgan fingerprint density at radius 2 is 1.43 bits per heavy atom. The van der Waals surface area contributed by atoms with Crippen molar-refractivity contribution in [1.29, 1.82) is 0 Å². The van der Waals surface area contributed by atoms with Gasteiger partial charge in [-0.25, -0.2) is 0 Å². The third-order valence-electron chi connectivity index (χ3n) is 0.294. The molecule has 0 atom stereocenters. The van der Waals surface area contributed by atoms with Crippen LogP contribution in [-0.2, 0) is 0 Å². The van der Waals surface area contributed by atoms with Crippen LogP contribution in [0.2, 0.25) is 0 Å². The molecule has 0 radical (unpaired) electrons. The first kappa shape index (κ1) is 6.76. The first-order valence-electron chi connectivity index (χ1n) is 1.36. The molecular weight excluding hydrogens is 104 g/mol. The Morgan fingerprint density at radius 3 is 1.43 bits per heavy atom. The smallest absolute Gasteiger partial charge is 0.333 e. The molecule has 7 heavy (non-hydrogen) atoms. The van der Waals surface area contributed by atoms with Crippen molar-refractivity contribution in [2.24, 2.45) is 5.73 Å². The Labute approximate surface area is 38.9 Å². The molecule has 0 bridgehead atoms. The van der Waals surface area contributed by atoms with Crippen LogP contribution in [0.3, 0.4) is 0 Å². The van der Waals surface area contributed by atoms with E-state index in [0.29, 0.717) is 0 Å². The van der Waals surface area contributed by atoms with E-state index in [-0.39, 0.29) is 0 Å². The summed E-state index contributed by atoms with van der Waals surface area (Å²) in [6, 6.07) is -3.06. The van der Waals surface area contributed by atoms with E-state index in [9.17, 15) is 0 Å². The highest BCUT2D eigenvalue weighted by molar-refractivity contribution is 4.32. The Balaban J connectivity index is 3.54. The predicted octanol–water partition coefficient (Wildman–Crippen LogP) is -2.38. The molecule has 0 fully saturated rings. The number of aliphatic hydroxyl groups is 2. The highest BCUT2D eigenvalue weighted by Crippen LogP contribution is 1.87. The summed E-state index contributed by atoms with van der Waals surface area (Å²) in [5, 5.41) is 30.1. The summed E-state index contributed by atoms with van der Waals surface area (Å²) in [4.78, 5) is 0. The normalized spacial score (nSPS) is 12.9. The molecule has 0 heterocycles. The van der Waals surface area contributed by atoms with E-state index in [4.69, 9.17) is 20.6 Å². The average Bonchev–Trinajstić information content (AvgIpc) is 1.31. The third-order valence-corrected chi connectivity index (χ3v) is 0.294. The SMILES string of the molecule is NC(O)(O)N(O)O. The van der Waals surface area contributed by atoms with Crippen LogP contribution in [0.5, 0.6) is 0 Å². The van der Waals surface area contributed by atoms with E-state index in [2.05, 4.69) is 5.73 Å². The van der Waals surface area contributed by atoms with Gasteiger partial charge in [0.1, 0.15) is 0 Å². The second-order valence-corrected chi connectivity index (χ2v) is 0.977. The molecule has 0 aromatic rings. The van der Waals surface area contributed by atoms with Gasteiger partial charge in [0.2, 0.25) is 0 Å². The van der Waals surface area contributed by atoms with Crippen molar-refractivity contribution in [3.63, 3.8) is 0 Å². The Kier molecular flexibility index (Phi) is 1.64. The maximum absolute atomic E-state index is 7.85. The fourth-order valence-corrected chi connectivity index (χ4v) is 0. The number of hydrogen-bond acceptors (Lipinski definition) is 6. The molecule has 0 saturated carbocycles. The van der Waals surface area contributed by atoms with Crippen LogP contribution in [0.15, 0.2) is 0 Å². The van der Waals surface area contributed by atoms with Crippen molar-refractivity contribution in [3.05, 3.63) is 0 Å². The molecule has 0 saturated heterocycles. The number of hydroxylamine groups is 2. The zero-order valence-corrected chi connectivity index (χ0v) is 3.31. The maximum Gasteiger partial charge on any atom is 0.333 e. The van der Waals surface area contributed by atoms with Gasteiger partial charge >= 0.3 is 6.03 Å². The minimum atomic E-state index is -3.06. The van der Waals surface area contributed by atoms with Crippen LogP contribution < -0.4 is 5.73 Å². The van der Waals surface area contributed by atoms with Crippen molar-refractivity contribution in [2.45, 2.75) is 6.03 Å². The third kappa shape index (κ3) is 2.45. The fraction of sp³-hybridized carbons (Fsp3) is 1.00. The molecule has 6 nitrogen and oxygen atoms in total. The lowest BCUT2D eigenvalue weighted by Crippen LogP contribution is -2.52. The minimum absolute atomic E-state index is 0.924. The van der Waals surface area contributed by atoms with Gasteiger partial charge in [-0.3, -0.25) is 16.1 Å². The van der Waals surface area contributed by atoms with Crippen LogP contribution in [0.4, 0.5) is 0 Å². The van der Waals surface area contributed by atoms with E-state index in [1.807, 2.05) is 0 Å². The molecule has 0 amide bonds. The monoisotopic (exact) mass is 110 g/mol. The molecule has 0 aromatic heterocycles. The molecule has 6 N–H and O–H groups in total. The highest BCUT2D eigenvalue weighted by Gasteiger charge is 2.22. The van der Waals surface area contributed by atoms with Crippen molar-refractivity contribution in [3.8, 4) is 0 Å². The second-order valence-electron chi connectivity index (χ2n) is 0.977. The molecule has 0 unspecified atom stereocenters. The minimum Gasteiger partial charge on any atom is -0.337 e. The molecule has 44 valence electrons. The first-order chi connectivity index (χ1) is 2.94. The van der Waals surface area contributed by atoms with E-state index < -0.39 is 11.3 Å². The maximum atomic E-state index is 7.85. The largest absolute Gasteiger partial charge is 0.337 e. The van der Waals surface area contributed by atoms with Gasteiger partial charge in [0.05, 0.1) is 0 Å². The predicted molar refractivity (Wildman–Crippen MR) is 16.8 cm³/mol. The van der Waals surface area contributed by atoms with Gasteiger partial charge in [0, 0.05) is 5.23 Å². The summed E-state index contributed by atoms with van der Waals surface area (Å²) in [5.74, 6) is 0.